The van der Waals surface area contributed by atoms with Gasteiger partial charge in [0.15, 0.2) is 17.4 Å². The molecule has 0 aliphatic rings. The molecule has 3 nitrogen and oxygen atoms in total. The number of hydrogen-bond acceptors (Lipinski definition) is 3. The first kappa shape index (κ1) is 14.7. The van der Waals surface area contributed by atoms with E-state index < -0.39 is 28.9 Å². The smallest absolute Gasteiger partial charge is 0.187 e. The Morgan fingerprint density at radius 3 is 2.43 bits per heavy atom. The molecule has 0 saturated heterocycles. The molecular weight excluding hydrogens is 276 g/mol. The van der Waals surface area contributed by atoms with Crippen molar-refractivity contribution in [3.63, 3.8) is 0 Å². The van der Waals surface area contributed by atoms with E-state index in [0.29, 0.717) is 11.3 Å². The summed E-state index contributed by atoms with van der Waals surface area (Å²) in [6.07, 6.45) is 0. The van der Waals surface area contributed by atoms with Crippen LogP contribution in [-0.2, 0) is 0 Å². The molecular formula is C16H11F2NO2. The quantitative estimate of drug-likeness (QED) is 0.809. The molecule has 0 amide bonds. The largest absolute Gasteiger partial charge is 0.497 e. The molecule has 2 aromatic rings. The second-order valence-corrected chi connectivity index (χ2v) is 4.30. The molecule has 0 aliphatic carbocycles. The first-order chi connectivity index (χ1) is 10.1. The molecule has 0 aromatic heterocycles. The van der Waals surface area contributed by atoms with Crippen molar-refractivity contribution in [3.8, 4) is 11.8 Å². The van der Waals surface area contributed by atoms with Gasteiger partial charge >= 0.3 is 0 Å². The molecule has 1 unspecified atom stereocenters. The van der Waals surface area contributed by atoms with Gasteiger partial charge in [-0.3, -0.25) is 4.79 Å². The van der Waals surface area contributed by atoms with Crippen LogP contribution in [0.2, 0.25) is 0 Å². The minimum atomic E-state index is -1.24. The molecule has 2 rings (SSSR count). The number of nitrogens with zero attached hydrogens (tertiary/aromatic N) is 1. The van der Waals surface area contributed by atoms with Crippen molar-refractivity contribution in [3.05, 3.63) is 65.2 Å². The molecule has 0 fully saturated rings. The van der Waals surface area contributed by atoms with Crippen LogP contribution in [0.15, 0.2) is 42.5 Å². The van der Waals surface area contributed by atoms with Gasteiger partial charge in [0, 0.05) is 0 Å². The molecule has 1 atom stereocenters. The molecule has 0 heterocycles. The lowest BCUT2D eigenvalue weighted by atomic mass is 9.91. The Morgan fingerprint density at radius 1 is 1.19 bits per heavy atom. The minimum absolute atomic E-state index is 0.395. The number of ether oxygens (including phenoxy) is 1. The summed E-state index contributed by atoms with van der Waals surface area (Å²) in [5.41, 5.74) is -0.0377. The average molecular weight is 287 g/mol. The maximum Gasteiger partial charge on any atom is 0.187 e. The van der Waals surface area contributed by atoms with Crippen LogP contribution in [0.5, 0.6) is 5.75 Å². The van der Waals surface area contributed by atoms with Gasteiger partial charge in [-0.25, -0.2) is 8.78 Å². The number of halogens is 2. The van der Waals surface area contributed by atoms with E-state index in [1.54, 1.807) is 24.3 Å². The maximum absolute atomic E-state index is 13.7. The molecule has 0 aliphatic heterocycles. The van der Waals surface area contributed by atoms with E-state index >= 15 is 0 Å². The highest BCUT2D eigenvalue weighted by Crippen LogP contribution is 2.24. The summed E-state index contributed by atoms with van der Waals surface area (Å²) in [7, 11) is 1.49. The third kappa shape index (κ3) is 2.90. The van der Waals surface area contributed by atoms with Gasteiger partial charge in [0.05, 0.1) is 18.7 Å². The Bertz CT molecular complexity index is 705. The third-order valence-corrected chi connectivity index (χ3v) is 3.06. The molecule has 0 bridgehead atoms. The van der Waals surface area contributed by atoms with E-state index in [9.17, 15) is 18.8 Å². The van der Waals surface area contributed by atoms with Crippen LogP contribution >= 0.6 is 0 Å². The number of rotatable bonds is 4. The van der Waals surface area contributed by atoms with Gasteiger partial charge in [0.1, 0.15) is 11.7 Å². The number of nitriles is 1. The second-order valence-electron chi connectivity index (χ2n) is 4.30. The van der Waals surface area contributed by atoms with Gasteiger partial charge in [-0.15, -0.1) is 0 Å². The summed E-state index contributed by atoms with van der Waals surface area (Å²) in [4.78, 5) is 12.2. The molecule has 0 spiro atoms. The second kappa shape index (κ2) is 6.14. The lowest BCUT2D eigenvalue weighted by Crippen LogP contribution is -2.13. The van der Waals surface area contributed by atoms with Crippen LogP contribution in [0.3, 0.4) is 0 Å². The predicted octanol–water partition coefficient (Wildman–Crippen LogP) is 3.46. The topological polar surface area (TPSA) is 50.1 Å². The zero-order chi connectivity index (χ0) is 15.4. The van der Waals surface area contributed by atoms with Crippen molar-refractivity contribution in [1.29, 1.82) is 5.26 Å². The van der Waals surface area contributed by atoms with Crippen molar-refractivity contribution in [2.75, 3.05) is 7.11 Å². The SMILES string of the molecule is COc1ccc(C(C#N)C(=O)c2cccc(F)c2F)cc1. The molecule has 0 N–H and O–H groups in total. The highest BCUT2D eigenvalue weighted by atomic mass is 19.2. The molecule has 0 radical (unpaired) electrons. The number of methoxy groups -OCH3 is 1. The van der Waals surface area contributed by atoms with Gasteiger partial charge in [0.2, 0.25) is 0 Å². The summed E-state index contributed by atoms with van der Waals surface area (Å²) in [6, 6.07) is 11.4. The van der Waals surface area contributed by atoms with Gasteiger partial charge in [-0.1, -0.05) is 18.2 Å². The van der Waals surface area contributed by atoms with Crippen LogP contribution in [0, 0.1) is 23.0 Å². The Kier molecular flexibility index (Phi) is 4.29. The number of carbonyl (C=O) groups is 1. The van der Waals surface area contributed by atoms with E-state index in [-0.39, 0.29) is 0 Å². The zero-order valence-corrected chi connectivity index (χ0v) is 11.1. The Labute approximate surface area is 120 Å². The van der Waals surface area contributed by atoms with E-state index in [0.717, 1.165) is 12.1 Å². The fourth-order valence-electron chi connectivity index (χ4n) is 1.93. The first-order valence-electron chi connectivity index (χ1n) is 6.10. The van der Waals surface area contributed by atoms with E-state index in [4.69, 9.17) is 4.74 Å². The van der Waals surface area contributed by atoms with E-state index in [1.165, 1.54) is 13.2 Å². The number of ketones is 1. The Morgan fingerprint density at radius 2 is 1.86 bits per heavy atom. The zero-order valence-electron chi connectivity index (χ0n) is 11.1. The normalized spacial score (nSPS) is 11.5. The van der Waals surface area contributed by atoms with Gasteiger partial charge in [-0.05, 0) is 29.8 Å². The van der Waals surface area contributed by atoms with Crippen molar-refractivity contribution in [1.82, 2.24) is 0 Å². The molecule has 106 valence electrons. The van der Waals surface area contributed by atoms with Crippen LogP contribution in [0.4, 0.5) is 8.78 Å². The van der Waals surface area contributed by atoms with Crippen molar-refractivity contribution >= 4 is 5.78 Å². The van der Waals surface area contributed by atoms with E-state index in [1.807, 2.05) is 6.07 Å². The summed E-state index contributed by atoms with van der Waals surface area (Å²) >= 11 is 0. The number of carbonyl (C=O) groups excluding carboxylic acids is 1. The van der Waals surface area contributed by atoms with Crippen LogP contribution in [-0.4, -0.2) is 12.9 Å². The van der Waals surface area contributed by atoms with E-state index in [2.05, 4.69) is 0 Å². The average Bonchev–Trinajstić information content (AvgIpc) is 2.51. The molecule has 21 heavy (non-hydrogen) atoms. The van der Waals surface area contributed by atoms with Crippen LogP contribution in [0.1, 0.15) is 21.8 Å². The Hall–Kier alpha value is -2.74. The van der Waals surface area contributed by atoms with Crippen LogP contribution in [0.25, 0.3) is 0 Å². The lowest BCUT2D eigenvalue weighted by Gasteiger charge is -2.10. The number of hydrogen-bond donors (Lipinski definition) is 0. The third-order valence-electron chi connectivity index (χ3n) is 3.06. The fourth-order valence-corrected chi connectivity index (χ4v) is 1.93. The standard InChI is InChI=1S/C16H11F2NO2/c1-21-11-7-5-10(6-8-11)13(9-19)16(20)12-3-2-4-14(17)15(12)18/h2-8,13H,1H3. The summed E-state index contributed by atoms with van der Waals surface area (Å²) < 4.78 is 31.8. The maximum atomic E-state index is 13.7. The summed E-state index contributed by atoms with van der Waals surface area (Å²) in [5, 5.41) is 9.18. The van der Waals surface area contributed by atoms with Crippen molar-refractivity contribution < 1.29 is 18.3 Å². The predicted molar refractivity (Wildman–Crippen MR) is 72.0 cm³/mol. The highest BCUT2D eigenvalue weighted by molar-refractivity contribution is 6.03. The number of benzene rings is 2. The molecule has 5 heteroatoms. The highest BCUT2D eigenvalue weighted by Gasteiger charge is 2.25. The monoisotopic (exact) mass is 287 g/mol. The van der Waals surface area contributed by atoms with Gasteiger partial charge in [0.25, 0.3) is 0 Å². The van der Waals surface area contributed by atoms with Crippen molar-refractivity contribution in [2.45, 2.75) is 5.92 Å². The first-order valence-corrected chi connectivity index (χ1v) is 6.10. The van der Waals surface area contributed by atoms with Gasteiger partial charge < -0.3 is 4.74 Å². The summed E-state index contributed by atoms with van der Waals surface area (Å²) in [5.74, 6) is -3.77. The van der Waals surface area contributed by atoms with Crippen molar-refractivity contribution in [2.24, 2.45) is 0 Å². The summed E-state index contributed by atoms with van der Waals surface area (Å²) in [6.45, 7) is 0. The molecule has 2 aromatic carbocycles. The lowest BCUT2D eigenvalue weighted by molar-refractivity contribution is 0.0974. The van der Waals surface area contributed by atoms with Gasteiger partial charge in [-0.2, -0.15) is 5.26 Å². The minimum Gasteiger partial charge on any atom is -0.497 e. The number of Topliss-reactive ketones (excluding diaryl/α,β-unsaturated/α-hetero) is 1. The fraction of sp³-hybridized carbons (Fsp3) is 0.125. The van der Waals surface area contributed by atoms with Crippen LogP contribution < -0.4 is 4.74 Å². The Balaban J connectivity index is 2.39. The molecule has 0 saturated carbocycles.